The van der Waals surface area contributed by atoms with Gasteiger partial charge in [-0.15, -0.1) is 0 Å². The maximum absolute atomic E-state index is 6.07. The van der Waals surface area contributed by atoms with Gasteiger partial charge in [-0.25, -0.2) is 9.97 Å². The summed E-state index contributed by atoms with van der Waals surface area (Å²) in [5.74, 6) is 0.609. The minimum absolute atomic E-state index is 0.139. The predicted octanol–water partition coefficient (Wildman–Crippen LogP) is 2.66. The lowest BCUT2D eigenvalue weighted by Crippen LogP contribution is -2.41. The van der Waals surface area contributed by atoms with E-state index in [9.17, 15) is 0 Å². The van der Waals surface area contributed by atoms with Crippen molar-refractivity contribution in [3.63, 3.8) is 0 Å². The van der Waals surface area contributed by atoms with E-state index in [1.54, 1.807) is 6.20 Å². The van der Waals surface area contributed by atoms with Crippen LogP contribution < -0.4 is 5.73 Å². The molecule has 0 unspecified atom stereocenters. The third-order valence-corrected chi connectivity index (χ3v) is 4.53. The summed E-state index contributed by atoms with van der Waals surface area (Å²) in [5, 5.41) is 0.290. The smallest absolute Gasteiger partial charge is 0.400 e. The second-order valence-corrected chi connectivity index (χ2v) is 6.61. The average Bonchev–Trinajstić information content (AvgIpc) is 2.57. The second kappa shape index (κ2) is 5.80. The van der Waals surface area contributed by atoms with Gasteiger partial charge in [0.2, 0.25) is 5.95 Å². The van der Waals surface area contributed by atoms with E-state index in [2.05, 4.69) is 22.6 Å². The Balaban J connectivity index is 2.31. The zero-order valence-electron chi connectivity index (χ0n) is 12.6. The summed E-state index contributed by atoms with van der Waals surface area (Å²) in [4.78, 5) is 7.87. The Morgan fingerprint density at radius 1 is 1.38 bits per heavy atom. The molecule has 0 spiro atoms. The Kier molecular flexibility index (Phi) is 4.59. The van der Waals surface area contributed by atoms with Crippen LogP contribution in [0.5, 0.6) is 0 Å². The summed E-state index contributed by atoms with van der Waals surface area (Å²) in [5.41, 5.74) is 6.20. The first-order chi connectivity index (χ1) is 9.66. The molecule has 2 N–H and O–H groups in total. The van der Waals surface area contributed by atoms with Crippen molar-refractivity contribution in [1.29, 1.82) is 0 Å². The van der Waals surface area contributed by atoms with Crippen molar-refractivity contribution in [2.45, 2.75) is 38.9 Å². The molecule has 1 aliphatic rings. The first-order valence-corrected chi connectivity index (χ1v) is 7.62. The van der Waals surface area contributed by atoms with Crippen LogP contribution in [0.2, 0.25) is 5.15 Å². The maximum Gasteiger partial charge on any atom is 0.491 e. The lowest BCUT2D eigenvalue weighted by atomic mass is 9.78. The summed E-state index contributed by atoms with van der Waals surface area (Å²) in [6.45, 7) is 8.01. The Morgan fingerprint density at radius 3 is 2.43 bits per heavy atom. The highest BCUT2D eigenvalue weighted by Gasteiger charge is 2.52. The summed E-state index contributed by atoms with van der Waals surface area (Å²) >= 11 is 10.4. The number of halogens is 1. The molecule has 0 saturated carbocycles. The van der Waals surface area contributed by atoms with Crippen molar-refractivity contribution in [2.75, 3.05) is 11.5 Å². The summed E-state index contributed by atoms with van der Waals surface area (Å²) in [7, 11) is -0.471. The largest absolute Gasteiger partial charge is 0.491 e. The third kappa shape index (κ3) is 3.36. The van der Waals surface area contributed by atoms with E-state index >= 15 is 0 Å². The minimum Gasteiger partial charge on any atom is -0.400 e. The fourth-order valence-corrected chi connectivity index (χ4v) is 2.29. The van der Waals surface area contributed by atoms with E-state index in [4.69, 9.17) is 26.6 Å². The number of nitrogen functional groups attached to an aromatic ring is 1. The molecule has 0 aromatic carbocycles. The van der Waals surface area contributed by atoms with Crippen molar-refractivity contribution in [2.24, 2.45) is 0 Å². The summed E-state index contributed by atoms with van der Waals surface area (Å²) in [6.07, 6.45) is 3.40. The number of hydrogen-bond acceptors (Lipinski definition) is 6. The number of nitrogens with two attached hydrogens (primary N) is 1. The Bertz CT molecular complexity index is 565. The first kappa shape index (κ1) is 16.6. The van der Waals surface area contributed by atoms with Crippen molar-refractivity contribution in [1.82, 2.24) is 9.97 Å². The number of aromatic nitrogens is 2. The van der Waals surface area contributed by atoms with Gasteiger partial charge in [-0.05, 0) is 33.2 Å². The Hall–Kier alpha value is -0.755. The van der Waals surface area contributed by atoms with E-state index in [-0.39, 0.29) is 5.95 Å². The molecule has 0 radical (unpaired) electrons. The van der Waals surface area contributed by atoms with Gasteiger partial charge in [0.15, 0.2) is 0 Å². The highest BCUT2D eigenvalue weighted by molar-refractivity contribution is 7.80. The molecule has 2 heterocycles. The van der Waals surface area contributed by atoms with Crippen LogP contribution in [0.15, 0.2) is 11.7 Å². The van der Waals surface area contributed by atoms with Crippen LogP contribution in [0.3, 0.4) is 0 Å². The van der Waals surface area contributed by atoms with Gasteiger partial charge in [-0.2, -0.15) is 12.6 Å². The van der Waals surface area contributed by atoms with Gasteiger partial charge in [-0.3, -0.25) is 0 Å². The van der Waals surface area contributed by atoms with Crippen LogP contribution in [-0.2, 0) is 9.31 Å². The lowest BCUT2D eigenvalue weighted by molar-refractivity contribution is 0.00578. The van der Waals surface area contributed by atoms with Gasteiger partial charge in [0.1, 0.15) is 5.15 Å². The number of hydrogen-bond donors (Lipinski definition) is 2. The SMILES string of the molecule is CC1(C)OB(C(=Cc2cnc(N)nc2Cl)CS)OC1(C)C. The monoisotopic (exact) mass is 327 g/mol. The van der Waals surface area contributed by atoms with Gasteiger partial charge in [0.05, 0.1) is 11.2 Å². The zero-order valence-corrected chi connectivity index (χ0v) is 14.2. The molecule has 0 atom stereocenters. The quantitative estimate of drug-likeness (QED) is 0.507. The predicted molar refractivity (Wildman–Crippen MR) is 89.4 cm³/mol. The Morgan fingerprint density at radius 2 is 1.95 bits per heavy atom. The fourth-order valence-electron chi connectivity index (χ4n) is 1.86. The molecule has 8 heteroatoms. The molecule has 5 nitrogen and oxygen atoms in total. The molecule has 1 aromatic heterocycles. The average molecular weight is 328 g/mol. The molecule has 0 bridgehead atoms. The Labute approximate surface area is 135 Å². The molecule has 1 aliphatic heterocycles. The first-order valence-electron chi connectivity index (χ1n) is 6.61. The van der Waals surface area contributed by atoms with Gasteiger partial charge < -0.3 is 15.0 Å². The molecule has 1 saturated heterocycles. The molecule has 0 aliphatic carbocycles. The molecule has 1 aromatic rings. The van der Waals surface area contributed by atoms with Gasteiger partial charge in [-0.1, -0.05) is 17.7 Å². The molecule has 114 valence electrons. The molecular weight excluding hydrogens is 308 g/mol. The van der Waals surface area contributed by atoms with Crippen molar-refractivity contribution in [3.8, 4) is 0 Å². The van der Waals surface area contributed by atoms with Crippen LogP contribution in [0.1, 0.15) is 33.3 Å². The van der Waals surface area contributed by atoms with Gasteiger partial charge >= 0.3 is 7.12 Å². The standard InChI is InChI=1S/C13H19BClN3O2S/c1-12(2)13(3,4)20-14(19-12)9(7-21)5-8-6-17-11(16)18-10(8)15/h5-6,21H,7H2,1-4H3,(H2,16,17,18). The maximum atomic E-state index is 6.07. The topological polar surface area (TPSA) is 70.3 Å². The lowest BCUT2D eigenvalue weighted by Gasteiger charge is -2.32. The van der Waals surface area contributed by atoms with Crippen LogP contribution in [0.4, 0.5) is 5.95 Å². The van der Waals surface area contributed by atoms with E-state index < -0.39 is 18.3 Å². The van der Waals surface area contributed by atoms with Crippen molar-refractivity contribution in [3.05, 3.63) is 22.4 Å². The molecular formula is C13H19BClN3O2S. The number of nitrogens with zero attached hydrogens (tertiary/aromatic N) is 2. The number of rotatable bonds is 3. The summed E-state index contributed by atoms with van der Waals surface area (Å²) in [6, 6.07) is 0. The van der Waals surface area contributed by atoms with E-state index in [1.165, 1.54) is 0 Å². The van der Waals surface area contributed by atoms with Crippen LogP contribution in [0.25, 0.3) is 6.08 Å². The van der Waals surface area contributed by atoms with Crippen LogP contribution in [-0.4, -0.2) is 34.0 Å². The fraction of sp³-hybridized carbons (Fsp3) is 0.538. The molecule has 21 heavy (non-hydrogen) atoms. The highest BCUT2D eigenvalue weighted by Crippen LogP contribution is 2.39. The zero-order chi connectivity index (χ0) is 15.8. The van der Waals surface area contributed by atoms with Gasteiger partial charge in [0, 0.05) is 17.5 Å². The van der Waals surface area contributed by atoms with E-state index in [0.29, 0.717) is 16.5 Å². The van der Waals surface area contributed by atoms with E-state index in [1.807, 2.05) is 33.8 Å². The summed E-state index contributed by atoms with van der Waals surface area (Å²) < 4.78 is 12.0. The van der Waals surface area contributed by atoms with Gasteiger partial charge in [0.25, 0.3) is 0 Å². The minimum atomic E-state index is -0.471. The third-order valence-electron chi connectivity index (χ3n) is 3.87. The molecule has 2 rings (SSSR count). The number of thiol groups is 1. The van der Waals surface area contributed by atoms with Crippen LogP contribution in [0, 0.1) is 0 Å². The van der Waals surface area contributed by atoms with Crippen molar-refractivity contribution < 1.29 is 9.31 Å². The highest BCUT2D eigenvalue weighted by atomic mass is 35.5. The normalized spacial score (nSPS) is 20.9. The number of anilines is 1. The van der Waals surface area contributed by atoms with E-state index in [0.717, 1.165) is 5.47 Å². The van der Waals surface area contributed by atoms with Crippen molar-refractivity contribution >= 4 is 43.4 Å². The second-order valence-electron chi connectivity index (χ2n) is 5.94. The molecule has 0 amide bonds. The van der Waals surface area contributed by atoms with Crippen LogP contribution >= 0.6 is 24.2 Å². The molecule has 1 fully saturated rings.